The Labute approximate surface area is 154 Å². The minimum absolute atomic E-state index is 0.0238. The Morgan fingerprint density at radius 1 is 1.19 bits per heavy atom. The molecule has 0 fully saturated rings. The van der Waals surface area contributed by atoms with Crippen LogP contribution in [0.3, 0.4) is 0 Å². The quantitative estimate of drug-likeness (QED) is 0.664. The third-order valence-corrected chi connectivity index (χ3v) is 4.07. The van der Waals surface area contributed by atoms with E-state index in [0.29, 0.717) is 26.1 Å². The molecule has 2 rings (SSSR count). The van der Waals surface area contributed by atoms with E-state index in [1.54, 1.807) is 0 Å². The van der Waals surface area contributed by atoms with E-state index in [0.717, 1.165) is 18.4 Å². The van der Waals surface area contributed by atoms with Crippen LogP contribution in [0.25, 0.3) is 0 Å². The minimum Gasteiger partial charge on any atom is -0.374 e. The van der Waals surface area contributed by atoms with Gasteiger partial charge in [-0.25, -0.2) is 4.68 Å². The highest BCUT2D eigenvalue weighted by Crippen LogP contribution is 2.15. The molecule has 1 aromatic carbocycles. The predicted molar refractivity (Wildman–Crippen MR) is 101 cm³/mol. The summed E-state index contributed by atoms with van der Waals surface area (Å²) in [4.78, 5) is 23.9. The van der Waals surface area contributed by atoms with Gasteiger partial charge in [-0.1, -0.05) is 43.7 Å². The Morgan fingerprint density at radius 3 is 2.69 bits per heavy atom. The Hall–Kier alpha value is -2.47. The molecule has 0 saturated heterocycles. The molecule has 0 radical (unpaired) electrons. The molecular formula is C20H27N3O3. The highest BCUT2D eigenvalue weighted by atomic mass is 16.5. The summed E-state index contributed by atoms with van der Waals surface area (Å²) in [5.74, 6) is -0.272. The van der Waals surface area contributed by atoms with Crippen molar-refractivity contribution >= 4 is 5.91 Å². The Kier molecular flexibility index (Phi) is 8.02. The largest absolute Gasteiger partial charge is 0.374 e. The molecule has 1 unspecified atom stereocenters. The van der Waals surface area contributed by atoms with E-state index in [4.69, 9.17) is 4.74 Å². The lowest BCUT2D eigenvalue weighted by atomic mass is 10.1. The number of rotatable bonds is 10. The second-order valence-corrected chi connectivity index (χ2v) is 6.17. The lowest BCUT2D eigenvalue weighted by molar-refractivity contribution is 0.0634. The van der Waals surface area contributed by atoms with Crippen LogP contribution < -0.4 is 10.9 Å². The van der Waals surface area contributed by atoms with E-state index in [-0.39, 0.29) is 23.3 Å². The molecule has 0 aliphatic rings. The van der Waals surface area contributed by atoms with Gasteiger partial charge in [-0.2, -0.15) is 5.10 Å². The van der Waals surface area contributed by atoms with Crippen molar-refractivity contribution in [3.8, 4) is 0 Å². The molecule has 6 nitrogen and oxygen atoms in total. The average molecular weight is 357 g/mol. The molecule has 1 aromatic heterocycles. The minimum atomic E-state index is -0.272. The Morgan fingerprint density at radius 2 is 1.96 bits per heavy atom. The lowest BCUT2D eigenvalue weighted by Gasteiger charge is -2.13. The Balaban J connectivity index is 1.74. The number of benzene rings is 1. The maximum absolute atomic E-state index is 12.2. The summed E-state index contributed by atoms with van der Waals surface area (Å²) in [5.41, 5.74) is 1.22. The highest BCUT2D eigenvalue weighted by molar-refractivity contribution is 5.91. The smallest absolute Gasteiger partial charge is 0.271 e. The van der Waals surface area contributed by atoms with Gasteiger partial charge in [0.15, 0.2) is 0 Å². The fourth-order valence-electron chi connectivity index (χ4n) is 2.48. The molecule has 0 aliphatic carbocycles. The molecule has 0 spiro atoms. The summed E-state index contributed by atoms with van der Waals surface area (Å²) in [6.45, 7) is 5.64. The zero-order valence-electron chi connectivity index (χ0n) is 15.5. The van der Waals surface area contributed by atoms with E-state index in [1.807, 2.05) is 44.2 Å². The first-order valence-corrected chi connectivity index (χ1v) is 9.14. The van der Waals surface area contributed by atoms with Gasteiger partial charge in [0, 0.05) is 25.8 Å². The molecule has 1 N–H and O–H groups in total. The lowest BCUT2D eigenvalue weighted by Crippen LogP contribution is -2.30. The molecule has 0 saturated carbocycles. The number of unbranched alkanes of at least 4 members (excludes halogenated alkanes) is 1. The average Bonchev–Trinajstić information content (AvgIpc) is 2.67. The number of nitrogens with one attached hydrogen (secondary N) is 1. The van der Waals surface area contributed by atoms with Gasteiger partial charge in [0.25, 0.3) is 11.5 Å². The van der Waals surface area contributed by atoms with Gasteiger partial charge < -0.3 is 10.1 Å². The maximum atomic E-state index is 12.2. The molecule has 1 heterocycles. The third kappa shape index (κ3) is 6.11. The van der Waals surface area contributed by atoms with Crippen molar-refractivity contribution in [2.45, 2.75) is 45.8 Å². The number of aromatic nitrogens is 2. The van der Waals surface area contributed by atoms with Crippen LogP contribution in [-0.4, -0.2) is 28.8 Å². The van der Waals surface area contributed by atoms with E-state index in [1.165, 1.54) is 16.8 Å². The van der Waals surface area contributed by atoms with Crippen molar-refractivity contribution in [1.82, 2.24) is 15.1 Å². The van der Waals surface area contributed by atoms with Crippen LogP contribution in [-0.2, 0) is 11.3 Å². The zero-order valence-corrected chi connectivity index (χ0v) is 15.5. The van der Waals surface area contributed by atoms with Gasteiger partial charge in [-0.15, -0.1) is 0 Å². The summed E-state index contributed by atoms with van der Waals surface area (Å²) >= 11 is 0. The first kappa shape index (κ1) is 19.8. The van der Waals surface area contributed by atoms with Crippen LogP contribution in [0.15, 0.2) is 47.3 Å². The standard InChI is InChI=1S/C20H27N3O3/c1-3-4-14-23-19(24)12-11-18(22-23)20(25)21-13-8-15-26-16(2)17-9-6-5-7-10-17/h5-7,9-12,16H,3-4,8,13-15H2,1-2H3,(H,21,25). The number of amides is 1. The van der Waals surface area contributed by atoms with Gasteiger partial charge in [-0.05, 0) is 31.4 Å². The number of carbonyl (C=O) groups is 1. The van der Waals surface area contributed by atoms with Crippen molar-refractivity contribution in [3.63, 3.8) is 0 Å². The highest BCUT2D eigenvalue weighted by Gasteiger charge is 2.09. The fraction of sp³-hybridized carbons (Fsp3) is 0.450. The van der Waals surface area contributed by atoms with Gasteiger partial charge >= 0.3 is 0 Å². The Bertz CT molecular complexity index is 743. The van der Waals surface area contributed by atoms with Crippen molar-refractivity contribution in [3.05, 3.63) is 64.1 Å². The number of hydrogen-bond donors (Lipinski definition) is 1. The second-order valence-electron chi connectivity index (χ2n) is 6.17. The molecular weight excluding hydrogens is 330 g/mol. The summed E-state index contributed by atoms with van der Waals surface area (Å²) in [6, 6.07) is 12.9. The number of ether oxygens (including phenoxy) is 1. The third-order valence-electron chi connectivity index (χ3n) is 4.07. The molecule has 6 heteroatoms. The summed E-state index contributed by atoms with van der Waals surface area (Å²) in [5, 5.41) is 6.96. The molecule has 2 aromatic rings. The molecule has 0 bridgehead atoms. The van der Waals surface area contributed by atoms with Gasteiger partial charge in [0.2, 0.25) is 0 Å². The van der Waals surface area contributed by atoms with Crippen LogP contribution in [0.2, 0.25) is 0 Å². The predicted octanol–water partition coefficient (Wildman–Crippen LogP) is 2.94. The van der Waals surface area contributed by atoms with Crippen molar-refractivity contribution in [2.75, 3.05) is 13.2 Å². The van der Waals surface area contributed by atoms with Crippen LogP contribution in [0.1, 0.15) is 55.3 Å². The SMILES string of the molecule is CCCCn1nc(C(=O)NCCCOC(C)c2ccccc2)ccc1=O. The molecule has 1 amide bonds. The molecule has 140 valence electrons. The van der Waals surface area contributed by atoms with Crippen molar-refractivity contribution in [2.24, 2.45) is 0 Å². The number of aryl methyl sites for hydroxylation is 1. The van der Waals surface area contributed by atoms with E-state index in [9.17, 15) is 9.59 Å². The summed E-state index contributed by atoms with van der Waals surface area (Å²) in [7, 11) is 0. The van der Waals surface area contributed by atoms with Gasteiger partial charge in [0.05, 0.1) is 6.10 Å². The first-order valence-electron chi connectivity index (χ1n) is 9.14. The van der Waals surface area contributed by atoms with Crippen LogP contribution in [0.5, 0.6) is 0 Å². The topological polar surface area (TPSA) is 73.2 Å². The maximum Gasteiger partial charge on any atom is 0.271 e. The van der Waals surface area contributed by atoms with Crippen LogP contribution in [0, 0.1) is 0 Å². The zero-order chi connectivity index (χ0) is 18.8. The first-order chi connectivity index (χ1) is 12.6. The van der Waals surface area contributed by atoms with E-state index >= 15 is 0 Å². The van der Waals surface area contributed by atoms with Crippen molar-refractivity contribution in [1.29, 1.82) is 0 Å². The molecule has 0 aliphatic heterocycles. The summed E-state index contributed by atoms with van der Waals surface area (Å²) in [6.07, 6.45) is 2.55. The second kappa shape index (κ2) is 10.5. The van der Waals surface area contributed by atoms with E-state index in [2.05, 4.69) is 10.4 Å². The molecule has 1 atom stereocenters. The van der Waals surface area contributed by atoms with Crippen LogP contribution >= 0.6 is 0 Å². The van der Waals surface area contributed by atoms with Crippen LogP contribution in [0.4, 0.5) is 0 Å². The monoisotopic (exact) mass is 357 g/mol. The van der Waals surface area contributed by atoms with Crippen molar-refractivity contribution < 1.29 is 9.53 Å². The number of carbonyl (C=O) groups excluding carboxylic acids is 1. The van der Waals surface area contributed by atoms with E-state index < -0.39 is 0 Å². The summed E-state index contributed by atoms with van der Waals surface area (Å²) < 4.78 is 7.13. The number of hydrogen-bond acceptors (Lipinski definition) is 4. The molecule has 26 heavy (non-hydrogen) atoms. The normalized spacial score (nSPS) is 11.9. The van der Waals surface area contributed by atoms with Gasteiger partial charge in [0.1, 0.15) is 5.69 Å². The number of nitrogens with zero attached hydrogens (tertiary/aromatic N) is 2. The van der Waals surface area contributed by atoms with Gasteiger partial charge in [-0.3, -0.25) is 9.59 Å². The fourth-order valence-corrected chi connectivity index (χ4v) is 2.48.